The fourth-order valence-electron chi connectivity index (χ4n) is 4.82. The number of nitrogens with zero attached hydrogens (tertiary/aromatic N) is 1. The first-order valence-electron chi connectivity index (χ1n) is 9.99. The lowest BCUT2D eigenvalue weighted by Gasteiger charge is -2.44. The summed E-state index contributed by atoms with van der Waals surface area (Å²) in [5, 5.41) is 3.08. The Morgan fingerprint density at radius 2 is 2.12 bits per heavy atom. The Hall–Kier alpha value is -1.43. The molecule has 5 heteroatoms. The quantitative estimate of drug-likeness (QED) is 0.899. The van der Waals surface area contributed by atoms with Crippen LogP contribution in [0.25, 0.3) is 0 Å². The van der Waals surface area contributed by atoms with Gasteiger partial charge in [-0.05, 0) is 68.2 Å². The molecular formula is C21H30N2O3. The molecule has 2 heterocycles. The molecule has 1 amide bonds. The second-order valence-electron chi connectivity index (χ2n) is 7.97. The van der Waals surface area contributed by atoms with E-state index in [1.165, 1.54) is 30.4 Å². The summed E-state index contributed by atoms with van der Waals surface area (Å²) in [5.41, 5.74) is 3.63. The number of methoxy groups -OCH3 is 1. The largest absolute Gasteiger partial charge is 0.377 e. The predicted molar refractivity (Wildman–Crippen MR) is 101 cm³/mol. The van der Waals surface area contributed by atoms with Gasteiger partial charge in [0.05, 0.1) is 18.2 Å². The predicted octanol–water partition coefficient (Wildman–Crippen LogP) is 2.77. The molecule has 1 N–H and O–H groups in total. The molecule has 0 aromatic heterocycles. The SMILES string of the molecule is CO[C@H]1CN(CC(=O)Nc2ccc3c(c2)CCCC3)CC[C@]12CCCO2. The number of likely N-dealkylation sites (tertiary alicyclic amines) is 1. The Balaban J connectivity index is 1.34. The minimum Gasteiger partial charge on any atom is -0.377 e. The van der Waals surface area contributed by atoms with Crippen LogP contribution in [0.5, 0.6) is 0 Å². The van der Waals surface area contributed by atoms with Crippen molar-refractivity contribution in [3.05, 3.63) is 29.3 Å². The molecule has 3 aliphatic rings. The molecule has 142 valence electrons. The maximum atomic E-state index is 12.5. The van der Waals surface area contributed by atoms with Crippen molar-refractivity contribution in [3.8, 4) is 0 Å². The van der Waals surface area contributed by atoms with E-state index in [4.69, 9.17) is 9.47 Å². The number of aryl methyl sites for hydroxylation is 2. The molecule has 1 spiro atoms. The molecule has 4 rings (SSSR count). The van der Waals surface area contributed by atoms with Crippen LogP contribution in [-0.4, -0.2) is 55.9 Å². The number of rotatable bonds is 4. The van der Waals surface area contributed by atoms with Crippen LogP contribution < -0.4 is 5.32 Å². The van der Waals surface area contributed by atoms with Gasteiger partial charge in [0, 0.05) is 32.5 Å². The highest BCUT2D eigenvalue weighted by Gasteiger charge is 2.46. The van der Waals surface area contributed by atoms with Crippen LogP contribution in [0, 0.1) is 0 Å². The van der Waals surface area contributed by atoms with Crippen LogP contribution in [0.4, 0.5) is 5.69 Å². The van der Waals surface area contributed by atoms with Crippen molar-refractivity contribution in [1.82, 2.24) is 4.90 Å². The molecule has 1 aliphatic carbocycles. The van der Waals surface area contributed by atoms with Crippen LogP contribution in [0.15, 0.2) is 18.2 Å². The van der Waals surface area contributed by atoms with E-state index in [-0.39, 0.29) is 17.6 Å². The van der Waals surface area contributed by atoms with Gasteiger partial charge in [-0.15, -0.1) is 0 Å². The number of piperidine rings is 1. The molecule has 2 saturated heterocycles. The maximum absolute atomic E-state index is 12.5. The standard InChI is InChI=1S/C21H30N2O3/c1-25-19-14-23(11-10-21(19)9-4-12-26-21)15-20(24)22-18-8-7-16-5-2-3-6-17(16)13-18/h7-8,13,19H,2-6,9-12,14-15H2,1H3,(H,22,24)/t19-,21+/m0/s1. The third-order valence-electron chi connectivity index (χ3n) is 6.28. The summed E-state index contributed by atoms with van der Waals surface area (Å²) >= 11 is 0. The lowest BCUT2D eigenvalue weighted by atomic mass is 9.86. The molecule has 26 heavy (non-hydrogen) atoms. The first-order valence-corrected chi connectivity index (χ1v) is 9.99. The van der Waals surface area contributed by atoms with E-state index in [9.17, 15) is 4.79 Å². The molecule has 0 saturated carbocycles. The average molecular weight is 358 g/mol. The Morgan fingerprint density at radius 3 is 2.88 bits per heavy atom. The molecule has 1 aromatic carbocycles. The summed E-state index contributed by atoms with van der Waals surface area (Å²) in [4.78, 5) is 14.7. The molecule has 2 aliphatic heterocycles. The maximum Gasteiger partial charge on any atom is 0.238 e. The summed E-state index contributed by atoms with van der Waals surface area (Å²) in [6.07, 6.45) is 7.99. The second kappa shape index (κ2) is 7.67. The fraction of sp³-hybridized carbons (Fsp3) is 0.667. The highest BCUT2D eigenvalue weighted by Crippen LogP contribution is 2.37. The number of carbonyl (C=O) groups is 1. The summed E-state index contributed by atoms with van der Waals surface area (Å²) in [7, 11) is 1.75. The number of amides is 1. The number of nitrogens with one attached hydrogen (secondary N) is 1. The van der Waals surface area contributed by atoms with Crippen LogP contribution >= 0.6 is 0 Å². The third-order valence-corrected chi connectivity index (χ3v) is 6.28. The van der Waals surface area contributed by atoms with E-state index in [1.807, 2.05) is 6.07 Å². The van der Waals surface area contributed by atoms with E-state index in [0.717, 1.165) is 51.1 Å². The van der Waals surface area contributed by atoms with Gasteiger partial charge < -0.3 is 14.8 Å². The summed E-state index contributed by atoms with van der Waals surface area (Å²) < 4.78 is 11.8. The zero-order valence-electron chi connectivity index (χ0n) is 15.8. The number of anilines is 1. The van der Waals surface area contributed by atoms with Gasteiger partial charge in [-0.1, -0.05) is 6.07 Å². The molecule has 0 unspecified atom stereocenters. The zero-order chi connectivity index (χ0) is 18.0. The molecule has 1 aromatic rings. The van der Waals surface area contributed by atoms with Crippen LogP contribution in [0.2, 0.25) is 0 Å². The number of carbonyl (C=O) groups excluding carboxylic acids is 1. The van der Waals surface area contributed by atoms with Gasteiger partial charge in [-0.2, -0.15) is 0 Å². The topological polar surface area (TPSA) is 50.8 Å². The first kappa shape index (κ1) is 18.0. The Morgan fingerprint density at radius 1 is 1.27 bits per heavy atom. The molecule has 5 nitrogen and oxygen atoms in total. The molecule has 0 radical (unpaired) electrons. The Bertz CT molecular complexity index is 655. The van der Waals surface area contributed by atoms with Crippen molar-refractivity contribution in [2.75, 3.05) is 38.7 Å². The van der Waals surface area contributed by atoms with Crippen molar-refractivity contribution < 1.29 is 14.3 Å². The van der Waals surface area contributed by atoms with Gasteiger partial charge in [-0.3, -0.25) is 9.69 Å². The zero-order valence-corrected chi connectivity index (χ0v) is 15.8. The van der Waals surface area contributed by atoms with Crippen molar-refractivity contribution in [1.29, 1.82) is 0 Å². The second-order valence-corrected chi connectivity index (χ2v) is 7.97. The summed E-state index contributed by atoms with van der Waals surface area (Å²) in [6.45, 7) is 2.89. The van der Waals surface area contributed by atoms with E-state index in [1.54, 1.807) is 7.11 Å². The minimum atomic E-state index is -0.125. The number of benzene rings is 1. The monoisotopic (exact) mass is 358 g/mol. The number of fused-ring (bicyclic) bond motifs is 1. The third kappa shape index (κ3) is 3.66. The van der Waals surface area contributed by atoms with Gasteiger partial charge in [0.1, 0.15) is 0 Å². The molecule has 2 atom stereocenters. The van der Waals surface area contributed by atoms with Gasteiger partial charge in [0.25, 0.3) is 0 Å². The van der Waals surface area contributed by atoms with E-state index in [0.29, 0.717) is 6.54 Å². The number of hydrogen-bond acceptors (Lipinski definition) is 4. The summed E-state index contributed by atoms with van der Waals surface area (Å²) in [5.74, 6) is 0.0545. The van der Waals surface area contributed by atoms with Crippen molar-refractivity contribution in [2.45, 2.75) is 56.7 Å². The number of ether oxygens (including phenoxy) is 2. The molecule has 0 bridgehead atoms. The van der Waals surface area contributed by atoms with Crippen molar-refractivity contribution in [3.63, 3.8) is 0 Å². The molecular weight excluding hydrogens is 328 g/mol. The van der Waals surface area contributed by atoms with E-state index < -0.39 is 0 Å². The molecule has 2 fully saturated rings. The Kier molecular flexibility index (Phi) is 5.30. The van der Waals surface area contributed by atoms with Crippen molar-refractivity contribution in [2.24, 2.45) is 0 Å². The van der Waals surface area contributed by atoms with Gasteiger partial charge in [0.2, 0.25) is 5.91 Å². The first-order chi connectivity index (χ1) is 12.7. The average Bonchev–Trinajstić information content (AvgIpc) is 3.12. The fourth-order valence-corrected chi connectivity index (χ4v) is 4.82. The highest BCUT2D eigenvalue weighted by molar-refractivity contribution is 5.92. The normalized spacial score (nSPS) is 28.9. The van der Waals surface area contributed by atoms with E-state index in [2.05, 4.69) is 22.3 Å². The van der Waals surface area contributed by atoms with Gasteiger partial charge in [0.15, 0.2) is 0 Å². The van der Waals surface area contributed by atoms with Gasteiger partial charge in [-0.25, -0.2) is 0 Å². The smallest absolute Gasteiger partial charge is 0.238 e. The van der Waals surface area contributed by atoms with Crippen LogP contribution in [0.1, 0.15) is 43.2 Å². The van der Waals surface area contributed by atoms with Crippen LogP contribution in [0.3, 0.4) is 0 Å². The summed E-state index contributed by atoms with van der Waals surface area (Å²) in [6, 6.07) is 6.37. The Labute approximate surface area is 156 Å². The lowest BCUT2D eigenvalue weighted by molar-refractivity contribution is -0.145. The van der Waals surface area contributed by atoms with E-state index >= 15 is 0 Å². The van der Waals surface area contributed by atoms with Crippen LogP contribution in [-0.2, 0) is 27.1 Å². The van der Waals surface area contributed by atoms with Crippen molar-refractivity contribution >= 4 is 11.6 Å². The van der Waals surface area contributed by atoms with Gasteiger partial charge >= 0.3 is 0 Å². The lowest BCUT2D eigenvalue weighted by Crippen LogP contribution is -2.57. The highest BCUT2D eigenvalue weighted by atomic mass is 16.5. The minimum absolute atomic E-state index is 0.0512. The number of hydrogen-bond donors (Lipinski definition) is 1.